The van der Waals surface area contributed by atoms with Gasteiger partial charge in [0.05, 0.1) is 6.04 Å². The van der Waals surface area contributed by atoms with E-state index >= 15 is 0 Å². The minimum absolute atomic E-state index is 0.00500. The van der Waals surface area contributed by atoms with Crippen LogP contribution in [0, 0.1) is 5.92 Å². The fraction of sp³-hybridized carbons (Fsp3) is 0.833. The molecule has 1 saturated heterocycles. The molecule has 0 aliphatic carbocycles. The molecule has 1 heterocycles. The molecule has 1 fully saturated rings. The van der Waals surface area contributed by atoms with Gasteiger partial charge in [0, 0.05) is 33.1 Å². The van der Waals surface area contributed by atoms with Gasteiger partial charge in [-0.25, -0.2) is 0 Å². The Morgan fingerprint density at radius 3 is 2.12 bits per heavy atom. The zero-order chi connectivity index (χ0) is 13.0. The third-order valence-electron chi connectivity index (χ3n) is 3.26. The number of carbonyl (C=O) groups is 2. The second kappa shape index (κ2) is 6.00. The number of carbonyl (C=O) groups excluding carboxylic acids is 2. The summed E-state index contributed by atoms with van der Waals surface area (Å²) >= 11 is 0. The molecular formula is C12H23N3O2. The molecule has 5 nitrogen and oxygen atoms in total. The summed E-state index contributed by atoms with van der Waals surface area (Å²) < 4.78 is 0. The van der Waals surface area contributed by atoms with Gasteiger partial charge >= 0.3 is 0 Å². The molecule has 0 radical (unpaired) electrons. The van der Waals surface area contributed by atoms with E-state index in [9.17, 15) is 9.59 Å². The third kappa shape index (κ3) is 3.70. The highest BCUT2D eigenvalue weighted by Gasteiger charge is 2.25. The van der Waals surface area contributed by atoms with E-state index in [-0.39, 0.29) is 17.7 Å². The second-order valence-electron chi connectivity index (χ2n) is 4.95. The number of nitrogens with two attached hydrogens (primary N) is 1. The van der Waals surface area contributed by atoms with E-state index < -0.39 is 6.04 Å². The minimum Gasteiger partial charge on any atom is -0.341 e. The van der Waals surface area contributed by atoms with Crippen LogP contribution in [0.4, 0.5) is 0 Å². The summed E-state index contributed by atoms with van der Waals surface area (Å²) in [5.41, 5.74) is 5.86. The summed E-state index contributed by atoms with van der Waals surface area (Å²) in [4.78, 5) is 26.9. The van der Waals surface area contributed by atoms with Crippen molar-refractivity contribution in [1.29, 1.82) is 0 Å². The van der Waals surface area contributed by atoms with Gasteiger partial charge in [0.25, 0.3) is 0 Å². The highest BCUT2D eigenvalue weighted by Crippen LogP contribution is 2.08. The van der Waals surface area contributed by atoms with Crippen LogP contribution in [0.5, 0.6) is 0 Å². The smallest absolute Gasteiger partial charge is 0.239 e. The molecule has 98 valence electrons. The lowest BCUT2D eigenvalue weighted by atomic mass is 10.0. The van der Waals surface area contributed by atoms with E-state index in [4.69, 9.17) is 5.73 Å². The molecule has 0 aromatic heterocycles. The van der Waals surface area contributed by atoms with Crippen LogP contribution in [0.1, 0.15) is 27.2 Å². The van der Waals surface area contributed by atoms with E-state index in [1.807, 2.05) is 13.8 Å². The van der Waals surface area contributed by atoms with Gasteiger partial charge in [-0.3, -0.25) is 9.59 Å². The van der Waals surface area contributed by atoms with Gasteiger partial charge in [0.2, 0.25) is 11.8 Å². The quantitative estimate of drug-likeness (QED) is 0.743. The Morgan fingerprint density at radius 1 is 1.06 bits per heavy atom. The van der Waals surface area contributed by atoms with Crippen molar-refractivity contribution in [3.05, 3.63) is 0 Å². The number of amides is 2. The molecule has 5 heteroatoms. The first-order valence-electron chi connectivity index (χ1n) is 6.23. The maximum absolute atomic E-state index is 12.1. The van der Waals surface area contributed by atoms with Crippen LogP contribution in [0.3, 0.4) is 0 Å². The van der Waals surface area contributed by atoms with Gasteiger partial charge in [-0.15, -0.1) is 0 Å². The summed E-state index contributed by atoms with van der Waals surface area (Å²) in [6, 6.07) is -0.432. The Labute approximate surface area is 103 Å². The molecule has 0 saturated carbocycles. The Bertz CT molecular complexity index is 291. The van der Waals surface area contributed by atoms with Crippen molar-refractivity contribution in [3.8, 4) is 0 Å². The Kier molecular flexibility index (Phi) is 4.93. The lowest BCUT2D eigenvalue weighted by Gasteiger charge is -2.26. The molecule has 0 bridgehead atoms. The van der Waals surface area contributed by atoms with Crippen molar-refractivity contribution in [1.82, 2.24) is 9.80 Å². The SMILES string of the molecule is CC(=O)N1CCCN(C(=O)[C@H](N)C(C)C)CC1. The topological polar surface area (TPSA) is 66.6 Å². The van der Waals surface area contributed by atoms with Crippen LogP contribution in [0.15, 0.2) is 0 Å². The predicted molar refractivity (Wildman–Crippen MR) is 66.3 cm³/mol. The van der Waals surface area contributed by atoms with Crippen molar-refractivity contribution < 1.29 is 9.59 Å². The lowest BCUT2D eigenvalue weighted by molar-refractivity contribution is -0.134. The molecule has 2 amide bonds. The molecule has 1 rings (SSSR count). The maximum atomic E-state index is 12.1. The Balaban J connectivity index is 2.57. The summed E-state index contributed by atoms with van der Waals surface area (Å²) in [5.74, 6) is 0.229. The Hall–Kier alpha value is -1.10. The largest absolute Gasteiger partial charge is 0.341 e. The van der Waals surface area contributed by atoms with Crippen LogP contribution in [0.2, 0.25) is 0 Å². The predicted octanol–water partition coefficient (Wildman–Crippen LogP) is 0.0505. The van der Waals surface area contributed by atoms with Crippen molar-refractivity contribution in [2.45, 2.75) is 33.2 Å². The molecule has 1 aliphatic rings. The third-order valence-corrected chi connectivity index (χ3v) is 3.26. The molecule has 2 N–H and O–H groups in total. The molecule has 0 aromatic carbocycles. The lowest BCUT2D eigenvalue weighted by Crippen LogP contribution is -2.47. The highest BCUT2D eigenvalue weighted by molar-refractivity contribution is 5.82. The normalized spacial score (nSPS) is 19.1. The molecule has 1 atom stereocenters. The van der Waals surface area contributed by atoms with Crippen molar-refractivity contribution >= 4 is 11.8 Å². The fourth-order valence-corrected chi connectivity index (χ4v) is 1.95. The van der Waals surface area contributed by atoms with Crippen molar-refractivity contribution in [3.63, 3.8) is 0 Å². The monoisotopic (exact) mass is 241 g/mol. The van der Waals surface area contributed by atoms with Gasteiger partial charge in [0.1, 0.15) is 0 Å². The first kappa shape index (κ1) is 14.0. The molecule has 0 aromatic rings. The van der Waals surface area contributed by atoms with Crippen molar-refractivity contribution in [2.75, 3.05) is 26.2 Å². The molecule has 0 spiro atoms. The van der Waals surface area contributed by atoms with Gasteiger partial charge in [-0.2, -0.15) is 0 Å². The average molecular weight is 241 g/mol. The number of hydrogen-bond donors (Lipinski definition) is 1. The minimum atomic E-state index is -0.432. The fourth-order valence-electron chi connectivity index (χ4n) is 1.95. The standard InChI is InChI=1S/C12H23N3O2/c1-9(2)11(13)12(17)15-6-4-5-14(7-8-15)10(3)16/h9,11H,4-8,13H2,1-3H3/t11-/m1/s1. The maximum Gasteiger partial charge on any atom is 0.239 e. The van der Waals surface area contributed by atoms with Gasteiger partial charge < -0.3 is 15.5 Å². The van der Waals surface area contributed by atoms with Crippen LogP contribution < -0.4 is 5.73 Å². The Morgan fingerprint density at radius 2 is 1.59 bits per heavy atom. The first-order valence-corrected chi connectivity index (χ1v) is 6.23. The second-order valence-corrected chi connectivity index (χ2v) is 4.95. The van der Waals surface area contributed by atoms with Crippen LogP contribution in [-0.2, 0) is 9.59 Å². The summed E-state index contributed by atoms with van der Waals surface area (Å²) in [6.07, 6.45) is 0.829. The van der Waals surface area contributed by atoms with E-state index in [2.05, 4.69) is 0 Å². The molecular weight excluding hydrogens is 218 g/mol. The van der Waals surface area contributed by atoms with Gasteiger partial charge in [0.15, 0.2) is 0 Å². The van der Waals surface area contributed by atoms with Crippen LogP contribution in [-0.4, -0.2) is 53.8 Å². The first-order chi connectivity index (χ1) is 7.93. The summed E-state index contributed by atoms with van der Waals surface area (Å²) in [6.45, 7) is 8.10. The van der Waals surface area contributed by atoms with E-state index in [1.54, 1.807) is 16.7 Å². The highest BCUT2D eigenvalue weighted by atomic mass is 16.2. The van der Waals surface area contributed by atoms with E-state index in [1.165, 1.54) is 0 Å². The van der Waals surface area contributed by atoms with E-state index in [0.29, 0.717) is 19.6 Å². The van der Waals surface area contributed by atoms with Crippen molar-refractivity contribution in [2.24, 2.45) is 11.7 Å². The van der Waals surface area contributed by atoms with Gasteiger partial charge in [-0.1, -0.05) is 13.8 Å². The van der Waals surface area contributed by atoms with Gasteiger partial charge in [-0.05, 0) is 12.3 Å². The van der Waals surface area contributed by atoms with Crippen LogP contribution in [0.25, 0.3) is 0 Å². The zero-order valence-corrected chi connectivity index (χ0v) is 11.0. The number of hydrogen-bond acceptors (Lipinski definition) is 3. The molecule has 1 aliphatic heterocycles. The van der Waals surface area contributed by atoms with E-state index in [0.717, 1.165) is 13.0 Å². The number of nitrogens with zero attached hydrogens (tertiary/aromatic N) is 2. The molecule has 0 unspecified atom stereocenters. The number of rotatable bonds is 2. The van der Waals surface area contributed by atoms with Crippen LogP contribution >= 0.6 is 0 Å². The average Bonchev–Trinajstić information content (AvgIpc) is 2.52. The zero-order valence-electron chi connectivity index (χ0n) is 11.0. The summed E-state index contributed by atoms with van der Waals surface area (Å²) in [7, 11) is 0. The summed E-state index contributed by atoms with van der Waals surface area (Å²) in [5, 5.41) is 0. The molecule has 17 heavy (non-hydrogen) atoms.